The molecule has 3 fully saturated rings. The van der Waals surface area contributed by atoms with Crippen molar-refractivity contribution in [2.24, 2.45) is 0 Å². The maximum absolute atomic E-state index is 12.4. The van der Waals surface area contributed by atoms with Crippen molar-refractivity contribution in [2.45, 2.75) is 18.9 Å². The minimum absolute atomic E-state index is 0.0134. The van der Waals surface area contributed by atoms with Crippen LogP contribution in [0.4, 0.5) is 10.5 Å². The van der Waals surface area contributed by atoms with Crippen LogP contribution in [-0.4, -0.2) is 73.6 Å². The van der Waals surface area contributed by atoms with Crippen LogP contribution in [0.5, 0.6) is 0 Å². The Labute approximate surface area is 152 Å². The van der Waals surface area contributed by atoms with Crippen molar-refractivity contribution in [3.8, 4) is 0 Å². The number of quaternary nitrogens is 1. The SMILES string of the molecule is O=C1[C@@H]2CCCN2C(=O)N1CC[NH+]1CCN(c2cccc(Cl)c2)CC1. The second kappa shape index (κ2) is 6.84. The van der Waals surface area contributed by atoms with Crippen molar-refractivity contribution in [2.75, 3.05) is 50.7 Å². The summed E-state index contributed by atoms with van der Waals surface area (Å²) in [6.45, 7) is 6.06. The number of nitrogens with zero attached hydrogens (tertiary/aromatic N) is 3. The molecule has 0 spiro atoms. The number of amides is 3. The fourth-order valence-corrected chi connectivity index (χ4v) is 4.35. The number of carbonyl (C=O) groups excluding carboxylic acids is 2. The summed E-state index contributed by atoms with van der Waals surface area (Å²) in [5.41, 5.74) is 1.16. The molecular formula is C18H24ClN4O2+. The summed E-state index contributed by atoms with van der Waals surface area (Å²) in [6.07, 6.45) is 1.78. The van der Waals surface area contributed by atoms with E-state index in [0.29, 0.717) is 6.54 Å². The minimum Gasteiger partial charge on any atom is -0.360 e. The Morgan fingerprint density at radius 3 is 2.68 bits per heavy atom. The molecule has 0 aromatic heterocycles. The number of benzene rings is 1. The molecule has 25 heavy (non-hydrogen) atoms. The molecule has 0 aliphatic carbocycles. The zero-order chi connectivity index (χ0) is 17.4. The third kappa shape index (κ3) is 3.20. The van der Waals surface area contributed by atoms with Crippen LogP contribution in [0.3, 0.4) is 0 Å². The lowest BCUT2D eigenvalue weighted by atomic mass is 10.2. The van der Waals surface area contributed by atoms with E-state index in [-0.39, 0.29) is 18.0 Å². The number of piperazine rings is 1. The van der Waals surface area contributed by atoms with E-state index in [1.807, 2.05) is 18.2 Å². The normalized spacial score (nSPS) is 24.4. The standard InChI is InChI=1S/C18H23ClN4O2/c19-14-3-1-4-15(13-14)21-10-7-20(8-11-21)9-12-23-17(24)16-5-2-6-22(16)18(23)25/h1,3-4,13,16H,2,5-12H2/p+1/t16-/m0/s1. The van der Waals surface area contributed by atoms with Crippen LogP contribution in [-0.2, 0) is 4.79 Å². The third-order valence-corrected chi connectivity index (χ3v) is 5.85. The van der Waals surface area contributed by atoms with E-state index in [0.717, 1.165) is 62.8 Å². The van der Waals surface area contributed by atoms with Crippen molar-refractivity contribution in [3.63, 3.8) is 0 Å². The van der Waals surface area contributed by atoms with Gasteiger partial charge in [0.25, 0.3) is 5.91 Å². The second-order valence-electron chi connectivity index (χ2n) is 7.09. The first-order chi connectivity index (χ1) is 12.1. The Balaban J connectivity index is 1.28. The fourth-order valence-electron chi connectivity index (χ4n) is 4.16. The summed E-state index contributed by atoms with van der Waals surface area (Å²) in [4.78, 5) is 31.7. The van der Waals surface area contributed by atoms with Gasteiger partial charge in [-0.25, -0.2) is 4.79 Å². The average Bonchev–Trinajstić information content (AvgIpc) is 3.19. The van der Waals surface area contributed by atoms with E-state index < -0.39 is 0 Å². The van der Waals surface area contributed by atoms with Crippen molar-refractivity contribution in [1.82, 2.24) is 9.80 Å². The number of halogens is 1. The molecule has 3 saturated heterocycles. The number of nitrogens with one attached hydrogen (secondary N) is 1. The molecule has 1 aromatic carbocycles. The second-order valence-corrected chi connectivity index (χ2v) is 7.53. The molecule has 1 N–H and O–H groups in total. The summed E-state index contributed by atoms with van der Waals surface area (Å²) in [7, 11) is 0. The molecular weight excluding hydrogens is 340 g/mol. The van der Waals surface area contributed by atoms with Crippen molar-refractivity contribution in [3.05, 3.63) is 29.3 Å². The smallest absolute Gasteiger partial charge is 0.327 e. The van der Waals surface area contributed by atoms with Gasteiger partial charge >= 0.3 is 6.03 Å². The first-order valence-corrected chi connectivity index (χ1v) is 9.47. The topological polar surface area (TPSA) is 48.3 Å². The molecule has 3 heterocycles. The largest absolute Gasteiger partial charge is 0.360 e. The molecule has 134 valence electrons. The van der Waals surface area contributed by atoms with Crippen LogP contribution in [0, 0.1) is 0 Å². The number of hydrogen-bond donors (Lipinski definition) is 1. The highest BCUT2D eigenvalue weighted by atomic mass is 35.5. The number of hydrogen-bond acceptors (Lipinski definition) is 3. The fraction of sp³-hybridized carbons (Fsp3) is 0.556. The quantitative estimate of drug-likeness (QED) is 0.791. The molecule has 1 aromatic rings. The van der Waals surface area contributed by atoms with Crippen LogP contribution in [0.15, 0.2) is 24.3 Å². The molecule has 0 saturated carbocycles. The van der Waals surface area contributed by atoms with Gasteiger partial charge in [-0.1, -0.05) is 17.7 Å². The minimum atomic E-state index is -0.179. The van der Waals surface area contributed by atoms with Gasteiger partial charge in [0.05, 0.1) is 39.3 Å². The van der Waals surface area contributed by atoms with Gasteiger partial charge in [-0.05, 0) is 31.0 Å². The molecule has 7 heteroatoms. The summed E-state index contributed by atoms with van der Waals surface area (Å²) in [5.74, 6) is 0.0134. The van der Waals surface area contributed by atoms with Gasteiger partial charge in [0.1, 0.15) is 6.04 Å². The maximum Gasteiger partial charge on any atom is 0.327 e. The Morgan fingerprint density at radius 2 is 1.96 bits per heavy atom. The van der Waals surface area contributed by atoms with Crippen LogP contribution in [0.2, 0.25) is 5.02 Å². The maximum atomic E-state index is 12.4. The van der Waals surface area contributed by atoms with E-state index in [1.54, 1.807) is 4.90 Å². The van der Waals surface area contributed by atoms with E-state index in [4.69, 9.17) is 11.6 Å². The summed E-state index contributed by atoms with van der Waals surface area (Å²) in [5, 5.41) is 0.763. The predicted octanol–water partition coefficient (Wildman–Crippen LogP) is 0.472. The van der Waals surface area contributed by atoms with E-state index in [1.165, 1.54) is 9.80 Å². The van der Waals surface area contributed by atoms with Crippen molar-refractivity contribution in [1.29, 1.82) is 0 Å². The first-order valence-electron chi connectivity index (χ1n) is 9.09. The Morgan fingerprint density at radius 1 is 1.16 bits per heavy atom. The Hall–Kier alpha value is -1.79. The highest BCUT2D eigenvalue weighted by Gasteiger charge is 2.47. The molecule has 4 rings (SSSR count). The van der Waals surface area contributed by atoms with Gasteiger partial charge in [-0.2, -0.15) is 0 Å². The van der Waals surface area contributed by atoms with Crippen molar-refractivity contribution < 1.29 is 14.5 Å². The van der Waals surface area contributed by atoms with Gasteiger partial charge in [0.15, 0.2) is 0 Å². The molecule has 0 unspecified atom stereocenters. The van der Waals surface area contributed by atoms with Crippen molar-refractivity contribution >= 4 is 29.2 Å². The van der Waals surface area contributed by atoms with Gasteiger partial charge in [0.2, 0.25) is 0 Å². The predicted molar refractivity (Wildman–Crippen MR) is 96.1 cm³/mol. The number of urea groups is 1. The van der Waals surface area contributed by atoms with E-state index >= 15 is 0 Å². The lowest BCUT2D eigenvalue weighted by molar-refractivity contribution is -0.899. The Kier molecular flexibility index (Phi) is 4.56. The van der Waals surface area contributed by atoms with Gasteiger partial charge in [-0.3, -0.25) is 9.69 Å². The number of fused-ring (bicyclic) bond motifs is 1. The van der Waals surface area contributed by atoms with Gasteiger partial charge < -0.3 is 14.7 Å². The molecule has 3 amide bonds. The highest BCUT2D eigenvalue weighted by molar-refractivity contribution is 6.30. The molecule has 0 bridgehead atoms. The van der Waals surface area contributed by atoms with E-state index in [9.17, 15) is 9.59 Å². The van der Waals surface area contributed by atoms with Gasteiger partial charge in [0, 0.05) is 17.3 Å². The van der Waals surface area contributed by atoms with Gasteiger partial charge in [-0.15, -0.1) is 0 Å². The average molecular weight is 364 g/mol. The zero-order valence-corrected chi connectivity index (χ0v) is 15.0. The number of imide groups is 1. The lowest BCUT2D eigenvalue weighted by Crippen LogP contribution is -3.15. The van der Waals surface area contributed by atoms with Crippen LogP contribution >= 0.6 is 11.6 Å². The Bertz CT molecular complexity index is 653. The van der Waals surface area contributed by atoms with Crippen LogP contribution in [0.25, 0.3) is 0 Å². The number of rotatable bonds is 4. The molecule has 1 atom stereocenters. The number of carbonyl (C=O) groups is 2. The lowest BCUT2D eigenvalue weighted by Gasteiger charge is -2.34. The van der Waals surface area contributed by atoms with Crippen LogP contribution in [0.1, 0.15) is 12.8 Å². The van der Waals surface area contributed by atoms with E-state index in [2.05, 4.69) is 11.0 Å². The first kappa shape index (κ1) is 16.7. The summed E-state index contributed by atoms with van der Waals surface area (Å²) >= 11 is 6.08. The summed E-state index contributed by atoms with van der Waals surface area (Å²) in [6, 6.07) is 7.70. The third-order valence-electron chi connectivity index (χ3n) is 5.61. The highest BCUT2D eigenvalue weighted by Crippen LogP contribution is 2.26. The molecule has 3 aliphatic heterocycles. The monoisotopic (exact) mass is 363 g/mol. The van der Waals surface area contributed by atoms with Crippen LogP contribution < -0.4 is 9.80 Å². The summed E-state index contributed by atoms with van der Waals surface area (Å²) < 4.78 is 0. The zero-order valence-electron chi connectivity index (χ0n) is 14.3. The molecule has 6 nitrogen and oxygen atoms in total. The number of anilines is 1. The molecule has 3 aliphatic rings. The molecule has 0 radical (unpaired) electrons.